The predicted molar refractivity (Wildman–Crippen MR) is 86.2 cm³/mol. The summed E-state index contributed by atoms with van der Waals surface area (Å²) in [5.41, 5.74) is 1.96. The molecule has 1 amide bonds. The van der Waals surface area contributed by atoms with Gasteiger partial charge >= 0.3 is 6.18 Å². The lowest BCUT2D eigenvalue weighted by Crippen LogP contribution is -2.06. The maximum absolute atomic E-state index is 12.8. The van der Waals surface area contributed by atoms with Gasteiger partial charge in [-0.25, -0.2) is 0 Å². The molecule has 4 rings (SSSR count). The second-order valence-electron chi connectivity index (χ2n) is 5.56. The van der Waals surface area contributed by atoms with Crippen molar-refractivity contribution in [2.24, 2.45) is 0 Å². The maximum atomic E-state index is 12.8. The van der Waals surface area contributed by atoms with Crippen molar-refractivity contribution in [1.82, 2.24) is 4.98 Å². The molecule has 0 fully saturated rings. The molecule has 120 valence electrons. The smallest absolute Gasteiger partial charge is 0.361 e. The Morgan fingerprint density at radius 2 is 1.83 bits per heavy atom. The first-order valence-corrected chi connectivity index (χ1v) is 7.24. The molecule has 0 atom stereocenters. The van der Waals surface area contributed by atoms with Gasteiger partial charge in [-0.2, -0.15) is 13.2 Å². The summed E-state index contributed by atoms with van der Waals surface area (Å²) in [6, 6.07) is 10.9. The Morgan fingerprint density at radius 1 is 1.04 bits per heavy atom. The highest BCUT2D eigenvalue weighted by Crippen LogP contribution is 2.38. The fraction of sp³-hybridized carbons (Fsp3) is 0.0556. The predicted octanol–water partition coefficient (Wildman–Crippen LogP) is 4.68. The number of nitrogens with one attached hydrogen (secondary N) is 2. The average Bonchev–Trinajstić information content (AvgIpc) is 3.08. The molecule has 1 aromatic heterocycles. The molecule has 24 heavy (non-hydrogen) atoms. The molecular weight excluding hydrogens is 317 g/mol. The van der Waals surface area contributed by atoms with Crippen molar-refractivity contribution in [3.8, 4) is 0 Å². The number of aromatic nitrogens is 1. The number of rotatable bonds is 1. The molecule has 1 aliphatic rings. The van der Waals surface area contributed by atoms with Crippen LogP contribution in [0.4, 0.5) is 18.9 Å². The SMILES string of the molecule is O=C1Nc2cc(C(F)(F)F)ccc2C1=Cc1c[nH]c2ccccc12. The Labute approximate surface area is 134 Å². The summed E-state index contributed by atoms with van der Waals surface area (Å²) in [4.78, 5) is 15.3. The van der Waals surface area contributed by atoms with E-state index in [0.29, 0.717) is 11.1 Å². The summed E-state index contributed by atoms with van der Waals surface area (Å²) < 4.78 is 38.4. The first-order chi connectivity index (χ1) is 11.4. The molecule has 2 N–H and O–H groups in total. The van der Waals surface area contributed by atoms with E-state index in [2.05, 4.69) is 10.3 Å². The number of fused-ring (bicyclic) bond motifs is 2. The van der Waals surface area contributed by atoms with Crippen LogP contribution in [0.25, 0.3) is 22.6 Å². The molecule has 2 aromatic carbocycles. The summed E-state index contributed by atoms with van der Waals surface area (Å²) in [7, 11) is 0. The van der Waals surface area contributed by atoms with Crippen molar-refractivity contribution < 1.29 is 18.0 Å². The van der Waals surface area contributed by atoms with Crippen LogP contribution >= 0.6 is 0 Å². The number of H-pyrrole nitrogens is 1. The van der Waals surface area contributed by atoms with Gasteiger partial charge in [0.05, 0.1) is 5.56 Å². The highest BCUT2D eigenvalue weighted by molar-refractivity contribution is 6.35. The number of hydrogen-bond donors (Lipinski definition) is 2. The number of hydrogen-bond acceptors (Lipinski definition) is 1. The molecule has 3 aromatic rings. The normalized spacial score (nSPS) is 15.8. The van der Waals surface area contributed by atoms with E-state index in [1.807, 2.05) is 24.3 Å². The molecule has 0 bridgehead atoms. The summed E-state index contributed by atoms with van der Waals surface area (Å²) in [6.45, 7) is 0. The third-order valence-corrected chi connectivity index (χ3v) is 4.05. The van der Waals surface area contributed by atoms with E-state index in [9.17, 15) is 18.0 Å². The van der Waals surface area contributed by atoms with Crippen molar-refractivity contribution in [1.29, 1.82) is 0 Å². The molecule has 0 spiro atoms. The second-order valence-corrected chi connectivity index (χ2v) is 5.56. The van der Waals surface area contributed by atoms with Gasteiger partial charge in [-0.05, 0) is 24.3 Å². The largest absolute Gasteiger partial charge is 0.416 e. The van der Waals surface area contributed by atoms with Gasteiger partial charge in [0.2, 0.25) is 0 Å². The average molecular weight is 328 g/mol. The van der Waals surface area contributed by atoms with Gasteiger partial charge in [0, 0.05) is 39.5 Å². The van der Waals surface area contributed by atoms with E-state index in [1.54, 1.807) is 12.3 Å². The Hall–Kier alpha value is -3.02. The van der Waals surface area contributed by atoms with Gasteiger partial charge < -0.3 is 10.3 Å². The Bertz CT molecular complexity index is 999. The maximum Gasteiger partial charge on any atom is 0.416 e. The molecule has 0 saturated carbocycles. The lowest BCUT2D eigenvalue weighted by molar-refractivity contribution is -0.137. The van der Waals surface area contributed by atoms with Gasteiger partial charge in [0.25, 0.3) is 5.91 Å². The molecule has 1 aliphatic heterocycles. The third kappa shape index (κ3) is 2.27. The van der Waals surface area contributed by atoms with Crippen LogP contribution in [-0.4, -0.2) is 10.9 Å². The number of para-hydroxylation sites is 1. The minimum atomic E-state index is -4.44. The Balaban J connectivity index is 1.82. The number of anilines is 1. The molecule has 0 aliphatic carbocycles. The Morgan fingerprint density at radius 3 is 2.62 bits per heavy atom. The molecular formula is C18H11F3N2O. The minimum absolute atomic E-state index is 0.181. The van der Waals surface area contributed by atoms with Gasteiger partial charge in [-0.1, -0.05) is 24.3 Å². The highest BCUT2D eigenvalue weighted by atomic mass is 19.4. The van der Waals surface area contributed by atoms with Crippen molar-refractivity contribution in [3.05, 3.63) is 65.4 Å². The van der Waals surface area contributed by atoms with Crippen molar-refractivity contribution in [3.63, 3.8) is 0 Å². The number of amides is 1. The van der Waals surface area contributed by atoms with Crippen LogP contribution in [0.2, 0.25) is 0 Å². The van der Waals surface area contributed by atoms with Crippen LogP contribution in [-0.2, 0) is 11.0 Å². The lowest BCUT2D eigenvalue weighted by atomic mass is 10.0. The van der Waals surface area contributed by atoms with E-state index in [4.69, 9.17) is 0 Å². The van der Waals surface area contributed by atoms with Gasteiger partial charge in [-0.3, -0.25) is 4.79 Å². The van der Waals surface area contributed by atoms with Crippen molar-refractivity contribution in [2.75, 3.05) is 5.32 Å². The van der Waals surface area contributed by atoms with Gasteiger partial charge in [0.15, 0.2) is 0 Å². The van der Waals surface area contributed by atoms with E-state index in [1.165, 1.54) is 6.07 Å². The first kappa shape index (κ1) is 14.6. The van der Waals surface area contributed by atoms with Crippen molar-refractivity contribution >= 4 is 34.1 Å². The van der Waals surface area contributed by atoms with Crippen LogP contribution in [0.5, 0.6) is 0 Å². The van der Waals surface area contributed by atoms with Crippen LogP contribution in [0.3, 0.4) is 0 Å². The summed E-state index contributed by atoms with van der Waals surface area (Å²) >= 11 is 0. The summed E-state index contributed by atoms with van der Waals surface area (Å²) in [5.74, 6) is -0.408. The molecule has 0 saturated heterocycles. The highest BCUT2D eigenvalue weighted by Gasteiger charge is 2.33. The number of benzene rings is 2. The summed E-state index contributed by atoms with van der Waals surface area (Å²) in [5, 5.41) is 3.45. The number of alkyl halides is 3. The van der Waals surface area contributed by atoms with Crippen LogP contribution in [0, 0.1) is 0 Å². The minimum Gasteiger partial charge on any atom is -0.361 e. The van der Waals surface area contributed by atoms with Crippen molar-refractivity contribution in [2.45, 2.75) is 6.18 Å². The molecule has 0 unspecified atom stereocenters. The third-order valence-electron chi connectivity index (χ3n) is 4.05. The molecule has 2 heterocycles. The van der Waals surface area contributed by atoms with Gasteiger partial charge in [0.1, 0.15) is 0 Å². The van der Waals surface area contributed by atoms with Crippen LogP contribution in [0.15, 0.2) is 48.7 Å². The van der Waals surface area contributed by atoms with E-state index in [0.717, 1.165) is 28.6 Å². The summed E-state index contributed by atoms with van der Waals surface area (Å²) in [6.07, 6.45) is -0.983. The lowest BCUT2D eigenvalue weighted by Gasteiger charge is -2.08. The zero-order chi connectivity index (χ0) is 16.9. The number of halogens is 3. The number of aromatic amines is 1. The fourth-order valence-electron chi connectivity index (χ4n) is 2.88. The fourth-order valence-corrected chi connectivity index (χ4v) is 2.88. The number of carbonyl (C=O) groups excluding carboxylic acids is 1. The standard InChI is InChI=1S/C18H11F3N2O/c19-18(20,21)11-5-6-13-14(17(24)23-16(13)8-11)7-10-9-22-15-4-2-1-3-12(10)15/h1-9,22H,(H,23,24). The van der Waals surface area contributed by atoms with E-state index < -0.39 is 17.6 Å². The first-order valence-electron chi connectivity index (χ1n) is 7.24. The van der Waals surface area contributed by atoms with E-state index >= 15 is 0 Å². The molecule has 3 nitrogen and oxygen atoms in total. The zero-order valence-corrected chi connectivity index (χ0v) is 12.2. The zero-order valence-electron chi connectivity index (χ0n) is 12.2. The topological polar surface area (TPSA) is 44.9 Å². The van der Waals surface area contributed by atoms with E-state index in [-0.39, 0.29) is 5.69 Å². The van der Waals surface area contributed by atoms with Crippen LogP contribution in [0.1, 0.15) is 16.7 Å². The molecule has 6 heteroatoms. The number of carbonyl (C=O) groups is 1. The van der Waals surface area contributed by atoms with Gasteiger partial charge in [-0.15, -0.1) is 0 Å². The second kappa shape index (κ2) is 4.99. The van der Waals surface area contributed by atoms with Crippen LogP contribution < -0.4 is 5.32 Å². The quantitative estimate of drug-likeness (QED) is 0.626. The monoisotopic (exact) mass is 328 g/mol. The molecule has 0 radical (unpaired) electrons. The Kier molecular flexibility index (Phi) is 3.03.